The minimum atomic E-state index is -4.03. The van der Waals surface area contributed by atoms with Gasteiger partial charge < -0.3 is 5.11 Å². The Morgan fingerprint density at radius 1 is 1.15 bits per heavy atom. The molecule has 0 unspecified atom stereocenters. The van der Waals surface area contributed by atoms with Crippen LogP contribution in [0.25, 0.3) is 5.76 Å². The van der Waals surface area contributed by atoms with Gasteiger partial charge in [0.2, 0.25) is 5.78 Å². The summed E-state index contributed by atoms with van der Waals surface area (Å²) in [6, 6.07) is 13.2. The SMILES string of the molecule is CC(=O)C(=O)/C=C(\O)c1cccc(NS(=O)(=O)c2ccccc2C#N)c1. The highest BCUT2D eigenvalue weighted by molar-refractivity contribution is 7.92. The number of nitriles is 1. The summed E-state index contributed by atoms with van der Waals surface area (Å²) in [4.78, 5) is 22.1. The summed E-state index contributed by atoms with van der Waals surface area (Å²) >= 11 is 0. The normalized spacial score (nSPS) is 11.5. The third-order valence-electron chi connectivity index (χ3n) is 3.32. The Kier molecular flexibility index (Phi) is 5.54. The zero-order valence-corrected chi connectivity index (χ0v) is 14.4. The second-order valence-corrected chi connectivity index (χ2v) is 6.90. The Bertz CT molecular complexity index is 1050. The molecule has 0 fully saturated rings. The number of sulfonamides is 1. The van der Waals surface area contributed by atoms with Gasteiger partial charge in [0.05, 0.1) is 5.56 Å². The summed E-state index contributed by atoms with van der Waals surface area (Å²) in [5.41, 5.74) is 0.254. The van der Waals surface area contributed by atoms with E-state index in [1.54, 1.807) is 6.07 Å². The molecule has 26 heavy (non-hydrogen) atoms. The van der Waals surface area contributed by atoms with E-state index in [1.165, 1.54) is 42.5 Å². The lowest BCUT2D eigenvalue weighted by molar-refractivity contribution is -0.132. The Hall–Kier alpha value is -3.44. The number of nitrogens with zero attached hydrogens (tertiary/aromatic N) is 1. The third-order valence-corrected chi connectivity index (χ3v) is 4.76. The largest absolute Gasteiger partial charge is 0.507 e. The fourth-order valence-electron chi connectivity index (χ4n) is 2.05. The van der Waals surface area contributed by atoms with E-state index >= 15 is 0 Å². The maximum atomic E-state index is 12.5. The molecule has 2 aromatic rings. The van der Waals surface area contributed by atoms with Crippen molar-refractivity contribution in [1.82, 2.24) is 0 Å². The summed E-state index contributed by atoms with van der Waals surface area (Å²) < 4.78 is 27.3. The summed E-state index contributed by atoms with van der Waals surface area (Å²) in [7, 11) is -4.03. The van der Waals surface area contributed by atoms with Crippen LogP contribution in [0.15, 0.2) is 59.5 Å². The molecule has 0 saturated carbocycles. The van der Waals surface area contributed by atoms with Crippen molar-refractivity contribution >= 4 is 33.0 Å². The summed E-state index contributed by atoms with van der Waals surface area (Å²) in [5.74, 6) is -2.08. The molecule has 2 N–H and O–H groups in total. The van der Waals surface area contributed by atoms with Crippen molar-refractivity contribution in [2.24, 2.45) is 0 Å². The lowest BCUT2D eigenvalue weighted by Gasteiger charge is -2.10. The Balaban J connectivity index is 2.36. The third kappa shape index (κ3) is 4.34. The Morgan fingerprint density at radius 3 is 2.50 bits per heavy atom. The molecule has 0 radical (unpaired) electrons. The predicted molar refractivity (Wildman–Crippen MR) is 94.7 cm³/mol. The number of hydrogen-bond acceptors (Lipinski definition) is 6. The molecule has 132 valence electrons. The molecule has 2 aromatic carbocycles. The molecule has 8 heteroatoms. The van der Waals surface area contributed by atoms with Crippen LogP contribution in [-0.4, -0.2) is 25.1 Å². The Morgan fingerprint density at radius 2 is 1.85 bits per heavy atom. The predicted octanol–water partition coefficient (Wildman–Crippen LogP) is 2.42. The molecule has 0 aromatic heterocycles. The molecule has 0 atom stereocenters. The maximum Gasteiger partial charge on any atom is 0.263 e. The van der Waals surface area contributed by atoms with Crippen molar-refractivity contribution in [1.29, 1.82) is 5.26 Å². The number of ketones is 2. The summed E-state index contributed by atoms with van der Waals surface area (Å²) in [6.45, 7) is 1.07. The van der Waals surface area contributed by atoms with Gasteiger partial charge in [0.15, 0.2) is 5.78 Å². The molecule has 0 spiro atoms. The molecule has 0 aliphatic rings. The number of benzene rings is 2. The number of hydrogen-bond donors (Lipinski definition) is 2. The van der Waals surface area contributed by atoms with E-state index in [-0.39, 0.29) is 21.7 Å². The van der Waals surface area contributed by atoms with Crippen LogP contribution in [0.5, 0.6) is 0 Å². The van der Waals surface area contributed by atoms with E-state index in [2.05, 4.69) is 4.72 Å². The van der Waals surface area contributed by atoms with Gasteiger partial charge in [-0.2, -0.15) is 5.26 Å². The van der Waals surface area contributed by atoms with Crippen molar-refractivity contribution < 1.29 is 23.1 Å². The van der Waals surface area contributed by atoms with Crippen molar-refractivity contribution in [2.75, 3.05) is 4.72 Å². The van der Waals surface area contributed by atoms with Gasteiger partial charge in [-0.1, -0.05) is 24.3 Å². The second-order valence-electron chi connectivity index (χ2n) is 5.24. The molecule has 0 amide bonds. The summed E-state index contributed by atoms with van der Waals surface area (Å²) in [6.07, 6.45) is 0.765. The lowest BCUT2D eigenvalue weighted by atomic mass is 10.1. The summed E-state index contributed by atoms with van der Waals surface area (Å²) in [5, 5.41) is 19.0. The van der Waals surface area contributed by atoms with E-state index in [9.17, 15) is 23.1 Å². The average Bonchev–Trinajstić information content (AvgIpc) is 2.61. The van der Waals surface area contributed by atoms with Gasteiger partial charge in [0.1, 0.15) is 16.7 Å². The van der Waals surface area contributed by atoms with Crippen molar-refractivity contribution in [3.63, 3.8) is 0 Å². The van der Waals surface area contributed by atoms with E-state index < -0.39 is 27.3 Å². The van der Waals surface area contributed by atoms with E-state index in [0.717, 1.165) is 13.0 Å². The van der Waals surface area contributed by atoms with Crippen LogP contribution in [0.1, 0.15) is 18.1 Å². The number of rotatable bonds is 6. The van der Waals surface area contributed by atoms with Gasteiger partial charge in [-0.25, -0.2) is 8.42 Å². The molecular formula is C18H14N2O5S. The zero-order valence-electron chi connectivity index (χ0n) is 13.6. The zero-order chi connectivity index (χ0) is 19.3. The standard InChI is InChI=1S/C18H14N2O5S/c1-12(21)16(22)10-17(23)13-6-4-7-15(9-13)20-26(24,25)18-8-3-2-5-14(18)11-19/h2-10,20,23H,1H3/b17-10-. The molecule has 2 rings (SSSR count). The van der Waals surface area contributed by atoms with E-state index in [0.29, 0.717) is 0 Å². The number of aliphatic hydroxyl groups excluding tert-OH is 1. The van der Waals surface area contributed by atoms with E-state index in [1.807, 2.05) is 6.07 Å². The Labute approximate surface area is 150 Å². The smallest absolute Gasteiger partial charge is 0.263 e. The minimum absolute atomic E-state index is 0.00838. The van der Waals surface area contributed by atoms with Crippen molar-refractivity contribution in [2.45, 2.75) is 11.8 Å². The number of anilines is 1. The number of allylic oxidation sites excluding steroid dienone is 1. The first-order valence-electron chi connectivity index (χ1n) is 7.32. The number of nitrogens with one attached hydrogen (secondary N) is 1. The van der Waals surface area contributed by atoms with Gasteiger partial charge >= 0.3 is 0 Å². The van der Waals surface area contributed by atoms with Crippen LogP contribution in [0, 0.1) is 11.3 Å². The highest BCUT2D eigenvalue weighted by Gasteiger charge is 2.18. The number of carbonyl (C=O) groups excluding carboxylic acids is 2. The molecule has 0 aliphatic heterocycles. The first-order valence-corrected chi connectivity index (χ1v) is 8.81. The number of carbonyl (C=O) groups is 2. The first kappa shape index (κ1) is 18.9. The van der Waals surface area contributed by atoms with Crippen LogP contribution >= 0.6 is 0 Å². The monoisotopic (exact) mass is 370 g/mol. The molecule has 0 bridgehead atoms. The molecule has 0 saturated heterocycles. The van der Waals surface area contributed by atoms with E-state index in [4.69, 9.17) is 5.26 Å². The van der Waals surface area contributed by atoms with Gasteiger partial charge in [0.25, 0.3) is 10.0 Å². The van der Waals surface area contributed by atoms with Gasteiger partial charge in [-0.05, 0) is 24.3 Å². The number of aliphatic hydroxyl groups is 1. The lowest BCUT2D eigenvalue weighted by Crippen LogP contribution is -2.14. The molecule has 0 heterocycles. The van der Waals surface area contributed by atoms with Crippen molar-refractivity contribution in [3.8, 4) is 6.07 Å². The highest BCUT2D eigenvalue weighted by atomic mass is 32.2. The van der Waals surface area contributed by atoms with Crippen LogP contribution < -0.4 is 4.72 Å². The quantitative estimate of drug-likeness (QED) is 0.457. The molecular weight excluding hydrogens is 356 g/mol. The highest BCUT2D eigenvalue weighted by Crippen LogP contribution is 2.22. The second kappa shape index (κ2) is 7.63. The first-order chi connectivity index (χ1) is 12.2. The van der Waals surface area contributed by atoms with Crippen LogP contribution in [0.4, 0.5) is 5.69 Å². The molecule has 7 nitrogen and oxygen atoms in total. The van der Waals surface area contributed by atoms with Crippen LogP contribution in [-0.2, 0) is 19.6 Å². The van der Waals surface area contributed by atoms with Gasteiger partial charge in [-0.15, -0.1) is 0 Å². The average molecular weight is 370 g/mol. The van der Waals surface area contributed by atoms with Crippen LogP contribution in [0.3, 0.4) is 0 Å². The van der Waals surface area contributed by atoms with Gasteiger partial charge in [-0.3, -0.25) is 14.3 Å². The number of Topliss-reactive ketones (excluding diaryl/α,β-unsaturated/α-hetero) is 1. The fraction of sp³-hybridized carbons (Fsp3) is 0.0556. The minimum Gasteiger partial charge on any atom is -0.507 e. The van der Waals surface area contributed by atoms with Crippen LogP contribution in [0.2, 0.25) is 0 Å². The van der Waals surface area contributed by atoms with Gasteiger partial charge in [0, 0.05) is 24.3 Å². The molecule has 0 aliphatic carbocycles. The maximum absolute atomic E-state index is 12.5. The van der Waals surface area contributed by atoms with Crippen molar-refractivity contribution in [3.05, 3.63) is 65.7 Å². The topological polar surface area (TPSA) is 124 Å². The fourth-order valence-corrected chi connectivity index (χ4v) is 3.26.